The van der Waals surface area contributed by atoms with Crippen LogP contribution in [0.5, 0.6) is 0 Å². The molecule has 4 rings (SSSR count). The predicted molar refractivity (Wildman–Crippen MR) is 99.5 cm³/mol. The molecule has 27 heavy (non-hydrogen) atoms. The van der Waals surface area contributed by atoms with Crippen LogP contribution in [0.4, 0.5) is 10.3 Å². The summed E-state index contributed by atoms with van der Waals surface area (Å²) in [5, 5.41) is 0. The third-order valence-electron chi connectivity index (χ3n) is 5.60. The van der Waals surface area contributed by atoms with Gasteiger partial charge in [-0.3, -0.25) is 9.78 Å². The minimum absolute atomic E-state index is 0.0377. The van der Waals surface area contributed by atoms with Crippen LogP contribution >= 0.6 is 0 Å². The molecule has 8 nitrogen and oxygen atoms in total. The molecule has 150 valence electrons. The first-order chi connectivity index (χ1) is 13.0. The number of piperazine rings is 1. The molecule has 1 saturated carbocycles. The van der Waals surface area contributed by atoms with Crippen molar-refractivity contribution in [2.24, 2.45) is 0 Å². The van der Waals surface area contributed by atoms with Gasteiger partial charge in [0.25, 0.3) is 15.8 Å². The number of nitrogens with zero attached hydrogens (tertiary/aromatic N) is 4. The molecule has 3 heterocycles. The number of hydrogen-bond acceptors (Lipinski definition) is 5. The number of rotatable bonds is 4. The van der Waals surface area contributed by atoms with E-state index >= 15 is 0 Å². The Morgan fingerprint density at radius 2 is 1.52 bits per heavy atom. The van der Waals surface area contributed by atoms with Crippen molar-refractivity contribution in [3.63, 3.8) is 0 Å². The van der Waals surface area contributed by atoms with Gasteiger partial charge in [0.2, 0.25) is 11.8 Å². The van der Waals surface area contributed by atoms with E-state index in [9.17, 15) is 17.6 Å². The van der Waals surface area contributed by atoms with E-state index in [4.69, 9.17) is 0 Å². The maximum absolute atomic E-state index is 14.0. The fourth-order valence-corrected chi connectivity index (χ4v) is 5.48. The summed E-state index contributed by atoms with van der Waals surface area (Å²) >= 11 is 0. The number of H-pyrrole nitrogens is 1. The number of aromatic nitrogens is 2. The lowest BCUT2D eigenvalue weighted by Gasteiger charge is -2.36. The lowest BCUT2D eigenvalue weighted by Crippen LogP contribution is -2.53. The lowest BCUT2D eigenvalue weighted by atomic mass is 10.2. The molecule has 0 spiro atoms. The lowest BCUT2D eigenvalue weighted by molar-refractivity contribution is 0.326. The first kappa shape index (κ1) is 18.8. The molecule has 10 heteroatoms. The second-order valence-corrected chi connectivity index (χ2v) is 9.50. The molecule has 0 amide bonds. The average molecular weight is 399 g/mol. The number of nitrogens with one attached hydrogen (secondary N) is 1. The van der Waals surface area contributed by atoms with Crippen LogP contribution in [0.25, 0.3) is 0 Å². The summed E-state index contributed by atoms with van der Waals surface area (Å²) < 4.78 is 42.9. The van der Waals surface area contributed by atoms with Crippen LogP contribution in [0, 0.1) is 5.82 Å². The van der Waals surface area contributed by atoms with Crippen molar-refractivity contribution >= 4 is 16.2 Å². The van der Waals surface area contributed by atoms with Crippen molar-refractivity contribution in [3.05, 3.63) is 21.9 Å². The van der Waals surface area contributed by atoms with Gasteiger partial charge in [-0.15, -0.1) is 0 Å². The van der Waals surface area contributed by atoms with Crippen molar-refractivity contribution in [1.29, 1.82) is 0 Å². The van der Waals surface area contributed by atoms with Crippen molar-refractivity contribution in [2.45, 2.75) is 44.4 Å². The smallest absolute Gasteiger partial charge is 0.288 e. The van der Waals surface area contributed by atoms with E-state index in [-0.39, 0.29) is 11.6 Å². The van der Waals surface area contributed by atoms with E-state index < -0.39 is 21.6 Å². The predicted octanol–water partition coefficient (Wildman–Crippen LogP) is 1.03. The van der Waals surface area contributed by atoms with E-state index in [0.717, 1.165) is 38.5 Å². The highest BCUT2D eigenvalue weighted by molar-refractivity contribution is 7.86. The zero-order chi connectivity index (χ0) is 19.0. The largest absolute Gasteiger partial charge is 0.340 e. The Hall–Kier alpha value is -1.52. The van der Waals surface area contributed by atoms with Crippen LogP contribution in [-0.2, 0) is 10.2 Å². The van der Waals surface area contributed by atoms with E-state index in [1.54, 1.807) is 4.31 Å². The van der Waals surface area contributed by atoms with Gasteiger partial charge in [-0.25, -0.2) is 4.98 Å². The molecule has 0 radical (unpaired) electrons. The monoisotopic (exact) mass is 399 g/mol. The molecule has 3 aliphatic rings. The third-order valence-corrected chi connectivity index (χ3v) is 7.63. The quantitative estimate of drug-likeness (QED) is 0.817. The van der Waals surface area contributed by atoms with Gasteiger partial charge in [0.15, 0.2) is 0 Å². The highest BCUT2D eigenvalue weighted by Gasteiger charge is 2.34. The maximum Gasteiger partial charge on any atom is 0.288 e. The molecule has 1 aliphatic carbocycles. The first-order valence-corrected chi connectivity index (χ1v) is 11.2. The van der Waals surface area contributed by atoms with Crippen molar-refractivity contribution < 1.29 is 12.8 Å². The van der Waals surface area contributed by atoms with Gasteiger partial charge in [0, 0.05) is 45.2 Å². The highest BCUT2D eigenvalue weighted by Crippen LogP contribution is 2.39. The van der Waals surface area contributed by atoms with Crippen molar-refractivity contribution in [2.75, 3.05) is 44.2 Å². The molecule has 2 saturated heterocycles. The summed E-state index contributed by atoms with van der Waals surface area (Å²) in [6, 6.07) is 0. The second-order valence-electron chi connectivity index (χ2n) is 7.57. The Balaban J connectivity index is 1.45. The molecule has 1 aromatic rings. The normalized spacial score (nSPS) is 23.4. The van der Waals surface area contributed by atoms with E-state index in [2.05, 4.69) is 9.97 Å². The Kier molecular flexibility index (Phi) is 5.21. The Bertz CT molecular complexity index is 839. The Morgan fingerprint density at radius 3 is 2.11 bits per heavy atom. The maximum atomic E-state index is 14.0. The van der Waals surface area contributed by atoms with E-state index in [0.29, 0.717) is 45.2 Å². The first-order valence-electron chi connectivity index (χ1n) is 9.76. The van der Waals surface area contributed by atoms with Gasteiger partial charge >= 0.3 is 0 Å². The van der Waals surface area contributed by atoms with E-state index in [1.165, 1.54) is 4.31 Å². The summed E-state index contributed by atoms with van der Waals surface area (Å²) in [5.41, 5.74) is -0.505. The zero-order valence-electron chi connectivity index (χ0n) is 15.4. The molecule has 1 aromatic heterocycles. The molecule has 3 fully saturated rings. The number of halogens is 1. The van der Waals surface area contributed by atoms with Crippen molar-refractivity contribution in [1.82, 2.24) is 18.6 Å². The van der Waals surface area contributed by atoms with Gasteiger partial charge in [-0.05, 0) is 25.7 Å². The van der Waals surface area contributed by atoms with Gasteiger partial charge in [-0.1, -0.05) is 12.8 Å². The standard InChI is InChI=1S/C17H26FN5O3S/c18-14-15(13-5-6-13)19-17(20-16(14)24)21-9-11-23(12-10-21)27(25,26)22-7-3-1-2-4-8-22/h13H,1-12H2,(H,19,20,24). The highest BCUT2D eigenvalue weighted by atomic mass is 32.2. The fourth-order valence-electron chi connectivity index (χ4n) is 3.81. The summed E-state index contributed by atoms with van der Waals surface area (Å²) in [7, 11) is -3.45. The number of anilines is 1. The number of hydrogen-bond donors (Lipinski definition) is 1. The SMILES string of the molecule is O=c1[nH]c(N2CCN(S(=O)(=O)N3CCCCCC3)CC2)nc(C2CC2)c1F. The van der Waals surface area contributed by atoms with Crippen LogP contribution in [0.15, 0.2) is 4.79 Å². The molecule has 1 N–H and O–H groups in total. The summed E-state index contributed by atoms with van der Waals surface area (Å²) in [6.45, 7) is 2.68. The summed E-state index contributed by atoms with van der Waals surface area (Å²) in [4.78, 5) is 20.5. The molecule has 0 bridgehead atoms. The van der Waals surface area contributed by atoms with Crippen LogP contribution in [0.3, 0.4) is 0 Å². The van der Waals surface area contributed by atoms with Crippen LogP contribution < -0.4 is 10.5 Å². The molecule has 2 aliphatic heterocycles. The van der Waals surface area contributed by atoms with Gasteiger partial charge in [0.05, 0.1) is 5.69 Å². The van der Waals surface area contributed by atoms with Gasteiger partial charge in [0.1, 0.15) is 0 Å². The van der Waals surface area contributed by atoms with Gasteiger partial charge in [-0.2, -0.15) is 21.4 Å². The van der Waals surface area contributed by atoms with Crippen LogP contribution in [0.2, 0.25) is 0 Å². The average Bonchev–Trinajstić information content (AvgIpc) is 3.51. The van der Waals surface area contributed by atoms with Crippen LogP contribution in [-0.4, -0.2) is 66.3 Å². The van der Waals surface area contributed by atoms with Crippen molar-refractivity contribution in [3.8, 4) is 0 Å². The summed E-state index contributed by atoms with van der Waals surface area (Å²) in [6.07, 6.45) is 5.68. The Labute approximate surface area is 158 Å². The number of aromatic amines is 1. The Morgan fingerprint density at radius 1 is 0.926 bits per heavy atom. The summed E-state index contributed by atoms with van der Waals surface area (Å²) in [5.74, 6) is -0.408. The molecule has 0 aromatic carbocycles. The minimum Gasteiger partial charge on any atom is -0.340 e. The molecule has 0 unspecified atom stereocenters. The minimum atomic E-state index is -3.45. The molecular weight excluding hydrogens is 373 g/mol. The van der Waals surface area contributed by atoms with Gasteiger partial charge < -0.3 is 4.90 Å². The zero-order valence-corrected chi connectivity index (χ0v) is 16.2. The third kappa shape index (κ3) is 3.88. The van der Waals surface area contributed by atoms with E-state index in [1.807, 2.05) is 4.90 Å². The molecule has 0 atom stereocenters. The molecular formula is C17H26FN5O3S. The fraction of sp³-hybridized carbons (Fsp3) is 0.765. The van der Waals surface area contributed by atoms with Crippen LogP contribution in [0.1, 0.15) is 50.1 Å². The topological polar surface area (TPSA) is 89.6 Å². The second kappa shape index (κ2) is 7.48.